The van der Waals surface area contributed by atoms with Gasteiger partial charge in [0.1, 0.15) is 16.0 Å². The largest absolute Gasteiger partial charge is 0.308 e. The summed E-state index contributed by atoms with van der Waals surface area (Å²) in [6.45, 7) is 0. The van der Waals surface area contributed by atoms with Gasteiger partial charge in [-0.15, -0.1) is 22.7 Å². The second-order valence-electron chi connectivity index (χ2n) is 15.2. The number of fused-ring (bicyclic) bond motifs is 18. The van der Waals surface area contributed by atoms with E-state index in [2.05, 4.69) is 179 Å². The Hall–Kier alpha value is -7.12. The zero-order chi connectivity index (χ0) is 37.6. The molecule has 0 atom stereocenters. The van der Waals surface area contributed by atoms with Crippen molar-refractivity contribution in [1.29, 1.82) is 0 Å². The van der Waals surface area contributed by atoms with E-state index in [4.69, 9.17) is 9.97 Å². The number of benzene rings is 8. The Bertz CT molecular complexity index is 3930. The maximum absolute atomic E-state index is 5.72. The predicted molar refractivity (Wildman–Crippen MR) is 246 cm³/mol. The molecule has 0 N–H and O–H groups in total. The van der Waals surface area contributed by atoms with Gasteiger partial charge in [0.2, 0.25) is 0 Å². The lowest BCUT2D eigenvalue weighted by Gasteiger charge is -2.14. The zero-order valence-electron chi connectivity index (χ0n) is 30.8. The fourth-order valence-electron chi connectivity index (χ4n) is 9.93. The topological polar surface area (TPSA) is 35.6 Å². The first-order valence-corrected chi connectivity index (χ1v) is 21.2. The summed E-state index contributed by atoms with van der Waals surface area (Å²) in [7, 11) is 0. The Morgan fingerprint density at radius 1 is 0.414 bits per heavy atom. The molecule has 8 aromatic carbocycles. The van der Waals surface area contributed by atoms with Crippen LogP contribution in [-0.4, -0.2) is 19.1 Å². The Balaban J connectivity index is 1.21. The van der Waals surface area contributed by atoms with E-state index in [-0.39, 0.29) is 0 Å². The first kappa shape index (κ1) is 31.0. The summed E-state index contributed by atoms with van der Waals surface area (Å²) >= 11 is 3.56. The molecule has 6 heteroatoms. The van der Waals surface area contributed by atoms with Crippen molar-refractivity contribution in [3.8, 4) is 45.0 Å². The molecule has 0 unspecified atom stereocenters. The molecule has 6 heterocycles. The fraction of sp³-hybridized carbons (Fsp3) is 0. The highest BCUT2D eigenvalue weighted by Gasteiger charge is 2.30. The van der Waals surface area contributed by atoms with Crippen LogP contribution >= 0.6 is 22.7 Å². The molecule has 0 aliphatic carbocycles. The van der Waals surface area contributed by atoms with Gasteiger partial charge in [0.15, 0.2) is 5.82 Å². The van der Waals surface area contributed by atoms with Crippen molar-refractivity contribution < 1.29 is 0 Å². The number of rotatable bonds is 2. The lowest BCUT2D eigenvalue weighted by Crippen LogP contribution is -2.03. The van der Waals surface area contributed by atoms with Crippen LogP contribution in [0.1, 0.15) is 0 Å². The van der Waals surface area contributed by atoms with Crippen molar-refractivity contribution >= 4 is 107 Å². The van der Waals surface area contributed by atoms with Crippen molar-refractivity contribution in [3.05, 3.63) is 170 Å². The SMILES string of the molecule is c1ccc2c(c1)-c1ccccc1-n1c3ccccc3c3cc4c(c-2c31)c1ccccc1n4-c1nc2sc3ccccc3c2nc1-c1cccc2c1sc1ccccc12. The fourth-order valence-corrected chi connectivity index (χ4v) is 12.2. The van der Waals surface area contributed by atoms with E-state index < -0.39 is 0 Å². The summed E-state index contributed by atoms with van der Waals surface area (Å²) in [6.07, 6.45) is 0. The van der Waals surface area contributed by atoms with Crippen LogP contribution in [0.4, 0.5) is 0 Å². The van der Waals surface area contributed by atoms with Crippen molar-refractivity contribution in [2.24, 2.45) is 0 Å². The molecule has 1 aliphatic rings. The summed E-state index contributed by atoms with van der Waals surface area (Å²) in [5, 5.41) is 8.51. The minimum absolute atomic E-state index is 0.843. The number of aromatic nitrogens is 4. The number of hydrogen-bond acceptors (Lipinski definition) is 4. The van der Waals surface area contributed by atoms with Crippen LogP contribution in [0, 0.1) is 0 Å². The van der Waals surface area contributed by atoms with E-state index >= 15 is 0 Å². The van der Waals surface area contributed by atoms with Gasteiger partial charge in [-0.25, -0.2) is 9.97 Å². The molecule has 0 saturated heterocycles. The lowest BCUT2D eigenvalue weighted by molar-refractivity contribution is 1.09. The van der Waals surface area contributed by atoms with Gasteiger partial charge in [-0.1, -0.05) is 133 Å². The van der Waals surface area contributed by atoms with Gasteiger partial charge < -0.3 is 4.57 Å². The van der Waals surface area contributed by atoms with E-state index in [1.54, 1.807) is 11.3 Å². The second kappa shape index (κ2) is 11.3. The third-order valence-corrected chi connectivity index (χ3v) is 14.6. The highest BCUT2D eigenvalue weighted by Crippen LogP contribution is 2.52. The molecule has 0 amide bonds. The van der Waals surface area contributed by atoms with Crippen LogP contribution in [-0.2, 0) is 0 Å². The molecule has 58 heavy (non-hydrogen) atoms. The molecule has 0 radical (unpaired) electrons. The first-order valence-electron chi connectivity index (χ1n) is 19.6. The number of hydrogen-bond donors (Lipinski definition) is 0. The first-order chi connectivity index (χ1) is 28.8. The molecule has 14 rings (SSSR count). The van der Waals surface area contributed by atoms with Gasteiger partial charge in [-0.2, -0.15) is 0 Å². The van der Waals surface area contributed by atoms with Crippen LogP contribution in [0.25, 0.3) is 129 Å². The smallest absolute Gasteiger partial charge is 0.166 e. The Morgan fingerprint density at radius 2 is 1.03 bits per heavy atom. The van der Waals surface area contributed by atoms with E-state index in [9.17, 15) is 0 Å². The number of thiophene rings is 2. The Morgan fingerprint density at radius 3 is 1.88 bits per heavy atom. The maximum atomic E-state index is 5.72. The molecular weight excluding hydrogens is 745 g/mol. The number of nitrogens with zero attached hydrogens (tertiary/aromatic N) is 4. The standard InChI is InChI=1S/C52H28N4S2/c1-2-18-33-29(14-1)30-15-3-8-23-39(30)55-40-24-9-4-16-31(40)38-28-42-45(46(33)49(38)55)35-19-5-10-25-41(35)56(42)51-47(53-48-36-20-7-12-27-44(36)58-52(48)54-51)37-22-13-21-34-32-17-6-11-26-43(32)57-50(34)37/h1-28H. The highest BCUT2D eigenvalue weighted by molar-refractivity contribution is 7.26. The minimum Gasteiger partial charge on any atom is -0.308 e. The average molecular weight is 773 g/mol. The molecule has 0 bridgehead atoms. The second-order valence-corrected chi connectivity index (χ2v) is 17.3. The van der Waals surface area contributed by atoms with Crippen LogP contribution in [0.5, 0.6) is 0 Å². The van der Waals surface area contributed by atoms with E-state index in [0.29, 0.717) is 0 Å². The van der Waals surface area contributed by atoms with E-state index in [1.165, 1.54) is 85.4 Å². The molecular formula is C52H28N4S2. The predicted octanol–water partition coefficient (Wildman–Crippen LogP) is 14.7. The Kier molecular flexibility index (Phi) is 6.02. The van der Waals surface area contributed by atoms with Crippen LogP contribution in [0.3, 0.4) is 0 Å². The summed E-state index contributed by atoms with van der Waals surface area (Å²) < 4.78 is 8.62. The summed E-state index contributed by atoms with van der Waals surface area (Å²) in [5.41, 5.74) is 13.7. The Labute approximate surface area is 339 Å². The molecule has 0 saturated carbocycles. The summed E-state index contributed by atoms with van der Waals surface area (Å²) in [5.74, 6) is 0.843. The van der Waals surface area contributed by atoms with Crippen molar-refractivity contribution in [2.75, 3.05) is 0 Å². The van der Waals surface area contributed by atoms with E-state index in [1.807, 2.05) is 11.3 Å². The normalized spacial score (nSPS) is 12.5. The van der Waals surface area contributed by atoms with Gasteiger partial charge in [0, 0.05) is 68.5 Å². The van der Waals surface area contributed by atoms with Gasteiger partial charge in [-0.3, -0.25) is 4.57 Å². The number of para-hydroxylation sites is 3. The monoisotopic (exact) mass is 772 g/mol. The van der Waals surface area contributed by atoms with Gasteiger partial charge >= 0.3 is 0 Å². The molecule has 13 aromatic rings. The molecule has 0 spiro atoms. The van der Waals surface area contributed by atoms with Crippen molar-refractivity contribution in [3.63, 3.8) is 0 Å². The highest BCUT2D eigenvalue weighted by atomic mass is 32.1. The van der Waals surface area contributed by atoms with Crippen molar-refractivity contribution in [2.45, 2.75) is 0 Å². The van der Waals surface area contributed by atoms with Crippen LogP contribution < -0.4 is 0 Å². The van der Waals surface area contributed by atoms with E-state index in [0.717, 1.165) is 43.8 Å². The molecule has 1 aliphatic heterocycles. The maximum Gasteiger partial charge on any atom is 0.166 e. The van der Waals surface area contributed by atoms with Crippen molar-refractivity contribution in [1.82, 2.24) is 19.1 Å². The summed E-state index contributed by atoms with van der Waals surface area (Å²) in [6, 6.07) is 62.0. The molecule has 268 valence electrons. The van der Waals surface area contributed by atoms with Gasteiger partial charge in [0.05, 0.1) is 27.8 Å². The van der Waals surface area contributed by atoms with Crippen LogP contribution in [0.2, 0.25) is 0 Å². The van der Waals surface area contributed by atoms with Gasteiger partial charge in [0.25, 0.3) is 0 Å². The van der Waals surface area contributed by atoms with Crippen LogP contribution in [0.15, 0.2) is 170 Å². The minimum atomic E-state index is 0.843. The quantitative estimate of drug-likeness (QED) is 0.175. The lowest BCUT2D eigenvalue weighted by atomic mass is 9.91. The third kappa shape index (κ3) is 3.93. The average Bonchev–Trinajstić information content (AvgIpc) is 4.01. The summed E-state index contributed by atoms with van der Waals surface area (Å²) in [4.78, 5) is 12.4. The zero-order valence-corrected chi connectivity index (χ0v) is 32.4. The van der Waals surface area contributed by atoms with Gasteiger partial charge in [-0.05, 0) is 47.5 Å². The third-order valence-electron chi connectivity index (χ3n) is 12.3. The molecule has 0 fully saturated rings. The molecule has 4 nitrogen and oxygen atoms in total. The molecule has 5 aromatic heterocycles.